The Balaban J connectivity index is 1.18. The number of hydrogen-bond acceptors (Lipinski definition) is 4. The molecular formula is C49H28F6N3OP. The summed E-state index contributed by atoms with van der Waals surface area (Å²) in [6.45, 7) is 0. The summed E-state index contributed by atoms with van der Waals surface area (Å²) in [6.07, 6.45) is 0. The van der Waals surface area contributed by atoms with Gasteiger partial charge >= 0.3 is 0 Å². The van der Waals surface area contributed by atoms with Gasteiger partial charge in [-0.25, -0.2) is 41.3 Å². The van der Waals surface area contributed by atoms with E-state index in [-0.39, 0.29) is 33.7 Å². The van der Waals surface area contributed by atoms with Gasteiger partial charge in [-0.15, -0.1) is 0 Å². The summed E-state index contributed by atoms with van der Waals surface area (Å²) in [6, 6.07) is 45.0. The molecule has 0 spiro atoms. The zero-order valence-electron chi connectivity index (χ0n) is 31.1. The summed E-state index contributed by atoms with van der Waals surface area (Å²) in [5.41, 5.74) is -0.576. The van der Waals surface area contributed by atoms with Gasteiger partial charge in [0.15, 0.2) is 47.9 Å². The van der Waals surface area contributed by atoms with Crippen molar-refractivity contribution in [1.82, 2.24) is 15.0 Å². The predicted molar refractivity (Wildman–Crippen MR) is 224 cm³/mol. The van der Waals surface area contributed by atoms with Crippen molar-refractivity contribution >= 4 is 33.8 Å². The van der Waals surface area contributed by atoms with E-state index in [1.54, 1.807) is 42.5 Å². The van der Waals surface area contributed by atoms with Crippen LogP contribution in [0, 0.1) is 34.9 Å². The van der Waals surface area contributed by atoms with Gasteiger partial charge < -0.3 is 4.57 Å². The minimum Gasteiger partial charge on any atom is -0.309 e. The summed E-state index contributed by atoms with van der Waals surface area (Å²) in [5, 5.41) is 2.64. The summed E-state index contributed by atoms with van der Waals surface area (Å²) < 4.78 is 109. The highest BCUT2D eigenvalue weighted by molar-refractivity contribution is 7.85. The molecule has 0 radical (unpaired) electrons. The minimum absolute atomic E-state index is 0.126. The molecule has 4 nitrogen and oxygen atoms in total. The Morgan fingerprint density at radius 2 is 0.767 bits per heavy atom. The van der Waals surface area contributed by atoms with Gasteiger partial charge in [0, 0.05) is 27.0 Å². The molecule has 0 saturated heterocycles. The maximum absolute atomic E-state index is 16.5. The van der Waals surface area contributed by atoms with Crippen LogP contribution < -0.4 is 15.9 Å². The van der Waals surface area contributed by atoms with Crippen LogP contribution in [0.2, 0.25) is 0 Å². The van der Waals surface area contributed by atoms with E-state index in [0.29, 0.717) is 32.4 Å². The van der Waals surface area contributed by atoms with Crippen LogP contribution in [0.3, 0.4) is 0 Å². The zero-order chi connectivity index (χ0) is 41.5. The highest BCUT2D eigenvalue weighted by Crippen LogP contribution is 2.45. The van der Waals surface area contributed by atoms with E-state index < -0.39 is 59.0 Å². The van der Waals surface area contributed by atoms with Crippen LogP contribution in [0.5, 0.6) is 0 Å². The molecule has 9 rings (SSSR count). The third kappa shape index (κ3) is 6.74. The second-order valence-electron chi connectivity index (χ2n) is 13.9. The quantitative estimate of drug-likeness (QED) is 0.0870. The SMILES string of the molecule is O=P(c1ccccc1)(c1ccccc1)c1cccc(-c2ccc(-c3c(F)c(F)c(-c4nc(-c5ccc(F)cc5)nc(-c5ccc(F)cc5)n4)c(F)c3F)c3ccccc23)c1. The average molecular weight is 820 g/mol. The maximum Gasteiger partial charge on any atom is 0.173 e. The van der Waals surface area contributed by atoms with Crippen molar-refractivity contribution in [3.8, 4) is 56.4 Å². The van der Waals surface area contributed by atoms with E-state index in [4.69, 9.17) is 0 Å². The summed E-state index contributed by atoms with van der Waals surface area (Å²) in [7, 11) is -3.37. The number of aromatic nitrogens is 3. The third-order valence-corrected chi connectivity index (χ3v) is 13.3. The summed E-state index contributed by atoms with van der Waals surface area (Å²) in [4.78, 5) is 12.6. The van der Waals surface area contributed by atoms with Crippen molar-refractivity contribution in [2.24, 2.45) is 0 Å². The fourth-order valence-corrected chi connectivity index (χ4v) is 10.1. The molecule has 9 aromatic rings. The van der Waals surface area contributed by atoms with Crippen LogP contribution in [0.1, 0.15) is 0 Å². The molecule has 0 aliphatic carbocycles. The van der Waals surface area contributed by atoms with Crippen molar-refractivity contribution in [1.29, 1.82) is 0 Å². The highest BCUT2D eigenvalue weighted by atomic mass is 31.2. The van der Waals surface area contributed by atoms with Crippen LogP contribution in [-0.2, 0) is 4.57 Å². The van der Waals surface area contributed by atoms with Crippen molar-refractivity contribution in [2.75, 3.05) is 0 Å². The van der Waals surface area contributed by atoms with Gasteiger partial charge in [0.05, 0.1) is 11.1 Å². The molecule has 0 aliphatic rings. The van der Waals surface area contributed by atoms with E-state index in [0.717, 1.165) is 24.3 Å². The zero-order valence-corrected chi connectivity index (χ0v) is 32.0. The Morgan fingerprint density at radius 1 is 0.350 bits per heavy atom. The van der Waals surface area contributed by atoms with E-state index in [1.807, 2.05) is 72.8 Å². The first-order valence-corrected chi connectivity index (χ1v) is 20.3. The molecule has 0 bridgehead atoms. The molecule has 292 valence electrons. The van der Waals surface area contributed by atoms with Gasteiger partial charge in [0.2, 0.25) is 0 Å². The second kappa shape index (κ2) is 15.5. The van der Waals surface area contributed by atoms with E-state index in [9.17, 15) is 8.78 Å². The largest absolute Gasteiger partial charge is 0.309 e. The fourth-order valence-electron chi connectivity index (χ4n) is 7.37. The van der Waals surface area contributed by atoms with Crippen molar-refractivity contribution in [3.63, 3.8) is 0 Å². The molecule has 0 N–H and O–H groups in total. The normalized spacial score (nSPS) is 11.6. The fraction of sp³-hybridized carbons (Fsp3) is 0. The predicted octanol–water partition coefficient (Wildman–Crippen LogP) is 11.8. The molecule has 0 unspecified atom stereocenters. The number of fused-ring (bicyclic) bond motifs is 1. The first-order valence-electron chi connectivity index (χ1n) is 18.6. The van der Waals surface area contributed by atoms with Crippen LogP contribution in [0.15, 0.2) is 170 Å². The lowest BCUT2D eigenvalue weighted by molar-refractivity contribution is 0.462. The van der Waals surface area contributed by atoms with Crippen molar-refractivity contribution in [3.05, 3.63) is 205 Å². The Morgan fingerprint density at radius 3 is 1.28 bits per heavy atom. The topological polar surface area (TPSA) is 55.7 Å². The molecular weight excluding hydrogens is 792 g/mol. The minimum atomic E-state index is -3.37. The maximum atomic E-state index is 16.5. The van der Waals surface area contributed by atoms with Gasteiger partial charge in [0.25, 0.3) is 0 Å². The van der Waals surface area contributed by atoms with Crippen LogP contribution >= 0.6 is 7.14 Å². The lowest BCUT2D eigenvalue weighted by Crippen LogP contribution is -2.25. The Labute approximate surface area is 339 Å². The first kappa shape index (κ1) is 38.4. The van der Waals surface area contributed by atoms with Crippen molar-refractivity contribution in [2.45, 2.75) is 0 Å². The molecule has 0 atom stereocenters. The van der Waals surface area contributed by atoms with E-state index >= 15 is 22.1 Å². The molecule has 0 aliphatic heterocycles. The third-order valence-electron chi connectivity index (χ3n) is 10.3. The van der Waals surface area contributed by atoms with Crippen LogP contribution in [0.4, 0.5) is 26.3 Å². The Hall–Kier alpha value is -7.16. The summed E-state index contributed by atoms with van der Waals surface area (Å²) in [5.74, 6) is -9.16. The number of hydrogen-bond donors (Lipinski definition) is 0. The van der Waals surface area contributed by atoms with Gasteiger partial charge in [0.1, 0.15) is 11.6 Å². The van der Waals surface area contributed by atoms with Gasteiger partial charge in [-0.2, -0.15) is 0 Å². The molecule has 0 amide bonds. The molecule has 11 heteroatoms. The lowest BCUT2D eigenvalue weighted by atomic mass is 9.91. The number of benzene rings is 8. The number of halogens is 6. The van der Waals surface area contributed by atoms with Gasteiger partial charge in [-0.3, -0.25) is 0 Å². The molecule has 0 saturated carbocycles. The molecule has 60 heavy (non-hydrogen) atoms. The van der Waals surface area contributed by atoms with Crippen LogP contribution in [0.25, 0.3) is 67.2 Å². The smallest absolute Gasteiger partial charge is 0.173 e. The van der Waals surface area contributed by atoms with Crippen molar-refractivity contribution < 1.29 is 30.9 Å². The highest BCUT2D eigenvalue weighted by Gasteiger charge is 2.32. The molecule has 1 aromatic heterocycles. The van der Waals surface area contributed by atoms with Crippen LogP contribution in [-0.4, -0.2) is 15.0 Å². The Bertz CT molecular complexity index is 2990. The van der Waals surface area contributed by atoms with E-state index in [2.05, 4.69) is 15.0 Å². The monoisotopic (exact) mass is 819 g/mol. The number of nitrogens with zero attached hydrogens (tertiary/aromatic N) is 3. The Kier molecular flexibility index (Phi) is 9.94. The second-order valence-corrected chi connectivity index (χ2v) is 16.6. The average Bonchev–Trinajstić information content (AvgIpc) is 3.29. The van der Waals surface area contributed by atoms with E-state index in [1.165, 1.54) is 30.3 Å². The lowest BCUT2D eigenvalue weighted by Gasteiger charge is -2.21. The first-order chi connectivity index (χ1) is 29.1. The van der Waals surface area contributed by atoms with Gasteiger partial charge in [-0.05, 0) is 82.1 Å². The van der Waals surface area contributed by atoms with Gasteiger partial charge in [-0.1, -0.05) is 115 Å². The molecule has 1 heterocycles. The molecule has 0 fully saturated rings. The summed E-state index contributed by atoms with van der Waals surface area (Å²) >= 11 is 0. The number of rotatable bonds is 8. The standard InChI is InChI=1S/C49H28F6N3OP/c50-32-22-18-29(19-23-32)47-56-48(30-20-24-33(51)25-21-30)58-49(57-47)42-45(54)43(52)41(44(53)46(42)55)40-27-26-37(38-16-7-8-17-39(38)40)31-10-9-15-36(28-31)60(59,34-11-3-1-4-12-34)35-13-5-2-6-14-35/h1-28H. The molecule has 8 aromatic carbocycles.